The highest BCUT2D eigenvalue weighted by atomic mass is 32.1. The summed E-state index contributed by atoms with van der Waals surface area (Å²) in [6.07, 6.45) is 2.46. The molecule has 1 aromatic rings. The number of rotatable bonds is 5. The number of nitrogens with zero attached hydrogens (tertiary/aromatic N) is 1. The van der Waals surface area contributed by atoms with Gasteiger partial charge in [0.25, 0.3) is 0 Å². The van der Waals surface area contributed by atoms with Crippen molar-refractivity contribution in [1.82, 2.24) is 10.3 Å². The smallest absolute Gasteiger partial charge is 0.0798 e. The Morgan fingerprint density at radius 1 is 1.69 bits per heavy atom. The Kier molecular flexibility index (Phi) is 4.32. The zero-order valence-corrected chi connectivity index (χ0v) is 10.8. The number of aromatic nitrogens is 1. The lowest BCUT2D eigenvalue weighted by Gasteiger charge is -2.14. The minimum Gasteiger partial charge on any atom is -0.381 e. The number of nitrogens with one attached hydrogen (secondary N) is 1. The molecule has 1 aliphatic rings. The van der Waals surface area contributed by atoms with E-state index in [1.54, 1.807) is 11.3 Å². The average molecular weight is 240 g/mol. The Hall–Kier alpha value is -0.450. The highest BCUT2D eigenvalue weighted by molar-refractivity contribution is 7.09. The number of hydrogen-bond donors (Lipinski definition) is 1. The largest absolute Gasteiger partial charge is 0.381 e. The molecule has 0 radical (unpaired) electrons. The van der Waals surface area contributed by atoms with Crippen molar-refractivity contribution in [2.45, 2.75) is 32.7 Å². The number of aryl methyl sites for hydroxylation is 1. The fraction of sp³-hybridized carbons (Fsp3) is 0.750. The molecule has 0 aromatic carbocycles. The summed E-state index contributed by atoms with van der Waals surface area (Å²) < 4.78 is 5.37. The third kappa shape index (κ3) is 3.03. The lowest BCUT2D eigenvalue weighted by atomic mass is 10.1. The van der Waals surface area contributed by atoms with Crippen LogP contribution in [-0.2, 0) is 4.74 Å². The van der Waals surface area contributed by atoms with Crippen LogP contribution in [0.2, 0.25) is 0 Å². The van der Waals surface area contributed by atoms with Crippen LogP contribution in [0.1, 0.15) is 36.4 Å². The Bertz CT molecular complexity index is 321. The summed E-state index contributed by atoms with van der Waals surface area (Å²) in [4.78, 5) is 5.65. The van der Waals surface area contributed by atoms with Crippen molar-refractivity contribution < 1.29 is 4.74 Å². The first-order chi connectivity index (χ1) is 7.77. The van der Waals surface area contributed by atoms with Crippen molar-refractivity contribution in [2.24, 2.45) is 5.92 Å². The van der Waals surface area contributed by atoms with Gasteiger partial charge < -0.3 is 10.1 Å². The fourth-order valence-corrected chi connectivity index (χ4v) is 2.97. The van der Waals surface area contributed by atoms with Gasteiger partial charge in [0.1, 0.15) is 0 Å². The van der Waals surface area contributed by atoms with Crippen LogP contribution in [-0.4, -0.2) is 24.7 Å². The molecule has 16 heavy (non-hydrogen) atoms. The van der Waals surface area contributed by atoms with E-state index in [1.807, 2.05) is 5.51 Å². The molecule has 0 spiro atoms. The molecule has 1 saturated heterocycles. The number of thiazole rings is 1. The van der Waals surface area contributed by atoms with Gasteiger partial charge in [-0.05, 0) is 39.2 Å². The second kappa shape index (κ2) is 5.75. The summed E-state index contributed by atoms with van der Waals surface area (Å²) in [6, 6.07) is 0.426. The molecular weight excluding hydrogens is 220 g/mol. The summed E-state index contributed by atoms with van der Waals surface area (Å²) in [7, 11) is 0. The van der Waals surface area contributed by atoms with Crippen molar-refractivity contribution >= 4 is 11.3 Å². The van der Waals surface area contributed by atoms with Crippen LogP contribution in [0.3, 0.4) is 0 Å². The second-order valence-corrected chi connectivity index (χ2v) is 5.38. The molecule has 90 valence electrons. The SMILES string of the molecule is Cc1ncsc1C(C)NCCC1CCOC1. The summed E-state index contributed by atoms with van der Waals surface area (Å²) in [6.45, 7) is 7.27. The van der Waals surface area contributed by atoms with Crippen molar-refractivity contribution in [3.05, 3.63) is 16.1 Å². The molecule has 2 rings (SSSR count). The van der Waals surface area contributed by atoms with Gasteiger partial charge in [-0.25, -0.2) is 4.98 Å². The lowest BCUT2D eigenvalue weighted by Crippen LogP contribution is -2.22. The van der Waals surface area contributed by atoms with Gasteiger partial charge in [0.05, 0.1) is 11.2 Å². The van der Waals surface area contributed by atoms with Gasteiger partial charge in [-0.2, -0.15) is 0 Å². The van der Waals surface area contributed by atoms with Crippen LogP contribution in [0.5, 0.6) is 0 Å². The van der Waals surface area contributed by atoms with E-state index in [2.05, 4.69) is 24.1 Å². The van der Waals surface area contributed by atoms with Gasteiger partial charge in [-0.1, -0.05) is 0 Å². The Morgan fingerprint density at radius 2 is 2.56 bits per heavy atom. The predicted molar refractivity (Wildman–Crippen MR) is 66.8 cm³/mol. The first-order valence-electron chi connectivity index (χ1n) is 5.98. The molecule has 2 heterocycles. The molecule has 0 amide bonds. The van der Waals surface area contributed by atoms with Gasteiger partial charge in [-0.3, -0.25) is 0 Å². The van der Waals surface area contributed by atoms with Crippen LogP contribution in [0.25, 0.3) is 0 Å². The van der Waals surface area contributed by atoms with Crippen molar-refractivity contribution in [1.29, 1.82) is 0 Å². The summed E-state index contributed by atoms with van der Waals surface area (Å²) in [5.41, 5.74) is 3.09. The van der Waals surface area contributed by atoms with E-state index in [0.29, 0.717) is 6.04 Å². The molecule has 0 aliphatic carbocycles. The van der Waals surface area contributed by atoms with Gasteiger partial charge in [0, 0.05) is 24.1 Å². The van der Waals surface area contributed by atoms with Crippen LogP contribution < -0.4 is 5.32 Å². The first kappa shape index (κ1) is 12.0. The third-order valence-corrected chi connectivity index (χ3v) is 4.32. The average Bonchev–Trinajstić information content (AvgIpc) is 2.88. The minimum absolute atomic E-state index is 0.426. The molecule has 0 bridgehead atoms. The van der Waals surface area contributed by atoms with Gasteiger partial charge in [-0.15, -0.1) is 11.3 Å². The Labute approximate surface area is 101 Å². The molecule has 1 aliphatic heterocycles. The van der Waals surface area contributed by atoms with Crippen LogP contribution >= 0.6 is 11.3 Å². The highest BCUT2D eigenvalue weighted by Crippen LogP contribution is 2.21. The zero-order valence-electron chi connectivity index (χ0n) is 10.0. The standard InChI is InChI=1S/C12H20N2OS/c1-9(12-10(2)14-8-16-12)13-5-3-11-4-6-15-7-11/h8-9,11,13H,3-7H2,1-2H3. The minimum atomic E-state index is 0.426. The normalized spacial score (nSPS) is 22.5. The maximum atomic E-state index is 5.37. The zero-order chi connectivity index (χ0) is 11.4. The van der Waals surface area contributed by atoms with Crippen molar-refractivity contribution in [3.8, 4) is 0 Å². The molecule has 4 heteroatoms. The van der Waals surface area contributed by atoms with Crippen molar-refractivity contribution in [2.75, 3.05) is 19.8 Å². The lowest BCUT2D eigenvalue weighted by molar-refractivity contribution is 0.184. The quantitative estimate of drug-likeness (QED) is 0.859. The number of ether oxygens (including phenoxy) is 1. The van der Waals surface area contributed by atoms with E-state index in [0.717, 1.165) is 31.4 Å². The van der Waals surface area contributed by atoms with E-state index in [4.69, 9.17) is 4.74 Å². The molecule has 2 unspecified atom stereocenters. The van der Waals surface area contributed by atoms with E-state index in [1.165, 1.54) is 17.7 Å². The first-order valence-corrected chi connectivity index (χ1v) is 6.86. The van der Waals surface area contributed by atoms with E-state index in [9.17, 15) is 0 Å². The van der Waals surface area contributed by atoms with Gasteiger partial charge >= 0.3 is 0 Å². The van der Waals surface area contributed by atoms with E-state index in [-0.39, 0.29) is 0 Å². The van der Waals surface area contributed by atoms with Gasteiger partial charge in [0.2, 0.25) is 0 Å². The summed E-state index contributed by atoms with van der Waals surface area (Å²) in [5.74, 6) is 0.766. The van der Waals surface area contributed by atoms with E-state index < -0.39 is 0 Å². The molecule has 3 nitrogen and oxygen atoms in total. The summed E-state index contributed by atoms with van der Waals surface area (Å²) in [5, 5.41) is 3.57. The third-order valence-electron chi connectivity index (χ3n) is 3.20. The maximum Gasteiger partial charge on any atom is 0.0798 e. The second-order valence-electron chi connectivity index (χ2n) is 4.50. The maximum absolute atomic E-state index is 5.37. The molecule has 1 N–H and O–H groups in total. The Morgan fingerprint density at radius 3 is 3.19 bits per heavy atom. The topological polar surface area (TPSA) is 34.2 Å². The van der Waals surface area contributed by atoms with Crippen LogP contribution in [0.15, 0.2) is 5.51 Å². The van der Waals surface area contributed by atoms with Crippen LogP contribution in [0.4, 0.5) is 0 Å². The molecule has 1 fully saturated rings. The molecule has 1 aromatic heterocycles. The number of hydrogen-bond acceptors (Lipinski definition) is 4. The predicted octanol–water partition coefficient (Wildman–Crippen LogP) is 2.53. The highest BCUT2D eigenvalue weighted by Gasteiger charge is 2.16. The van der Waals surface area contributed by atoms with Gasteiger partial charge in [0.15, 0.2) is 0 Å². The van der Waals surface area contributed by atoms with Crippen LogP contribution in [0, 0.1) is 12.8 Å². The molecule has 0 saturated carbocycles. The van der Waals surface area contributed by atoms with E-state index >= 15 is 0 Å². The molecular formula is C12H20N2OS. The fourth-order valence-electron chi connectivity index (χ4n) is 2.13. The Balaban J connectivity index is 1.71. The molecule has 2 atom stereocenters. The monoisotopic (exact) mass is 240 g/mol. The summed E-state index contributed by atoms with van der Waals surface area (Å²) >= 11 is 1.74. The van der Waals surface area contributed by atoms with Crippen molar-refractivity contribution in [3.63, 3.8) is 0 Å².